The van der Waals surface area contributed by atoms with Crippen molar-refractivity contribution in [1.82, 2.24) is 0 Å². The summed E-state index contributed by atoms with van der Waals surface area (Å²) in [6.45, 7) is 9.15. The molecule has 4 heteroatoms. The van der Waals surface area contributed by atoms with Crippen LogP contribution in [-0.4, -0.2) is 9.52 Å². The Hall–Kier alpha value is -3.26. The van der Waals surface area contributed by atoms with Crippen molar-refractivity contribution in [3.05, 3.63) is 157 Å². The third-order valence-electron chi connectivity index (χ3n) is 15.3. The molecule has 2 fully saturated rings. The van der Waals surface area contributed by atoms with Crippen LogP contribution in [0.4, 0.5) is 0 Å². The molecule has 8 aromatic rings. The Balaban J connectivity index is 0.000000176. The Morgan fingerprint density at radius 3 is 1.11 bits per heavy atom. The molecule has 0 saturated heterocycles. The van der Waals surface area contributed by atoms with Crippen molar-refractivity contribution in [3.63, 3.8) is 0 Å². The SMILES string of the molecule is CCC1(Cc2cc3c(-c4cccc5ccccc45)cccc3[cH-]2)CCCCCCC1.CCC1(Cc2cc3c(-c4cccc5ccccc45)cccc3[cH-]2)CCCCCCC1.C[Si]C.[Cl][Zr+2][Cl]. The molecule has 342 valence electrons. The van der Waals surface area contributed by atoms with Crippen molar-refractivity contribution >= 4 is 69.6 Å². The molecule has 0 heterocycles. The first-order valence-corrected chi connectivity index (χ1v) is 33.6. The molecular weight excluding hydrogens is 935 g/mol. The Morgan fingerprint density at radius 2 is 0.742 bits per heavy atom. The van der Waals surface area contributed by atoms with Crippen LogP contribution in [0.15, 0.2) is 146 Å². The first kappa shape index (κ1) is 50.6. The summed E-state index contributed by atoms with van der Waals surface area (Å²) in [5, 5.41) is 11.0. The zero-order valence-corrected chi connectivity index (χ0v) is 45.3. The zero-order valence-electron chi connectivity index (χ0n) is 40.3. The molecule has 0 atom stereocenters. The molecule has 0 aromatic heterocycles. The van der Waals surface area contributed by atoms with Crippen LogP contribution < -0.4 is 0 Å². The van der Waals surface area contributed by atoms with E-state index >= 15 is 0 Å². The second-order valence-corrected chi connectivity index (χ2v) is 24.3. The molecule has 0 spiro atoms. The fourth-order valence-corrected chi connectivity index (χ4v) is 11.7. The summed E-state index contributed by atoms with van der Waals surface area (Å²) >= 11 is -0.826. The van der Waals surface area contributed by atoms with E-state index in [1.807, 2.05) is 0 Å². The summed E-state index contributed by atoms with van der Waals surface area (Å²) in [6.07, 6.45) is 25.0. The van der Waals surface area contributed by atoms with Crippen LogP contribution in [0.2, 0.25) is 13.1 Å². The average molecular weight is 1010 g/mol. The second-order valence-electron chi connectivity index (χ2n) is 19.6. The van der Waals surface area contributed by atoms with Gasteiger partial charge in [0.2, 0.25) is 0 Å². The van der Waals surface area contributed by atoms with Gasteiger partial charge in [-0.2, -0.15) is 12.1 Å². The molecule has 2 radical (unpaired) electrons. The van der Waals surface area contributed by atoms with E-state index in [1.165, 1.54) is 181 Å². The van der Waals surface area contributed by atoms with Gasteiger partial charge in [0.15, 0.2) is 0 Å². The first-order valence-electron chi connectivity index (χ1n) is 25.3. The van der Waals surface area contributed by atoms with Gasteiger partial charge in [-0.15, -0.1) is 69.1 Å². The molecule has 10 rings (SSSR count). The second kappa shape index (κ2) is 25.4. The summed E-state index contributed by atoms with van der Waals surface area (Å²) in [6, 6.07) is 54.5. The molecule has 0 bridgehead atoms. The van der Waals surface area contributed by atoms with Gasteiger partial charge in [0, 0.05) is 9.52 Å². The number of fused-ring (bicyclic) bond motifs is 4. The molecule has 2 saturated carbocycles. The van der Waals surface area contributed by atoms with E-state index in [9.17, 15) is 0 Å². The number of hydrogen-bond acceptors (Lipinski definition) is 0. The van der Waals surface area contributed by atoms with Crippen LogP contribution in [-0.2, 0) is 33.7 Å². The Morgan fingerprint density at radius 1 is 0.439 bits per heavy atom. The molecule has 0 aliphatic heterocycles. The van der Waals surface area contributed by atoms with Gasteiger partial charge in [0.05, 0.1) is 0 Å². The third kappa shape index (κ3) is 12.7. The summed E-state index contributed by atoms with van der Waals surface area (Å²) < 4.78 is 0. The Kier molecular flexibility index (Phi) is 19.5. The van der Waals surface area contributed by atoms with Gasteiger partial charge < -0.3 is 0 Å². The summed E-state index contributed by atoms with van der Waals surface area (Å²) in [5.41, 5.74) is 9.55. The van der Waals surface area contributed by atoms with Crippen LogP contribution >= 0.6 is 17.0 Å². The standard InChI is InChI=1S/2C30H33.C2H6Si.2ClH.Zr/c2*1-2-30(18-8-4-3-5-9-19-30)22-23-20-25-14-11-17-28(29(25)21-23)27-16-10-13-24-12-6-7-15-26(24)27;1-3-2;;;/h2*6-7,10-17,20-21H,2-5,8-9,18-19,22H2,1H3;1-2H3;2*1H;/q2*-1;;;;+4/p-2. The van der Waals surface area contributed by atoms with Gasteiger partial charge in [0.1, 0.15) is 0 Å². The molecule has 0 N–H and O–H groups in total. The first-order chi connectivity index (χ1) is 32.4. The minimum atomic E-state index is -0.826. The fourth-order valence-electron chi connectivity index (χ4n) is 11.7. The van der Waals surface area contributed by atoms with Gasteiger partial charge >= 0.3 is 37.9 Å². The van der Waals surface area contributed by atoms with Crippen LogP contribution in [0.5, 0.6) is 0 Å². The number of halogens is 2. The summed E-state index contributed by atoms with van der Waals surface area (Å²) in [4.78, 5) is 0. The van der Waals surface area contributed by atoms with Crippen molar-refractivity contribution in [2.45, 2.75) is 143 Å². The number of benzene rings is 6. The van der Waals surface area contributed by atoms with Gasteiger partial charge in [-0.3, -0.25) is 0 Å². The van der Waals surface area contributed by atoms with Crippen molar-refractivity contribution in [2.75, 3.05) is 0 Å². The maximum atomic E-state index is 4.93. The van der Waals surface area contributed by atoms with Crippen LogP contribution in [0.1, 0.15) is 128 Å². The van der Waals surface area contributed by atoms with E-state index in [0.717, 1.165) is 9.52 Å². The Labute approximate surface area is 419 Å². The summed E-state index contributed by atoms with van der Waals surface area (Å²) in [5.74, 6) is 0. The van der Waals surface area contributed by atoms with Crippen molar-refractivity contribution in [1.29, 1.82) is 0 Å². The Bertz CT molecular complexity index is 2510. The normalized spacial score (nSPS) is 16.0. The molecule has 8 aromatic carbocycles. The molecule has 0 amide bonds. The van der Waals surface area contributed by atoms with E-state index in [0.29, 0.717) is 10.8 Å². The summed E-state index contributed by atoms with van der Waals surface area (Å²) in [7, 11) is 11.0. The van der Waals surface area contributed by atoms with Gasteiger partial charge in [-0.25, -0.2) is 0 Å². The molecule has 0 nitrogen and oxygen atoms in total. The topological polar surface area (TPSA) is 0 Å². The van der Waals surface area contributed by atoms with Crippen molar-refractivity contribution < 1.29 is 20.8 Å². The molecule has 0 unspecified atom stereocenters. The monoisotopic (exact) mass is 1000 g/mol. The van der Waals surface area contributed by atoms with E-state index in [-0.39, 0.29) is 0 Å². The van der Waals surface area contributed by atoms with E-state index in [1.54, 1.807) is 11.1 Å². The molecule has 2 aliphatic carbocycles. The zero-order chi connectivity index (χ0) is 46.2. The fraction of sp³-hybridized carbons (Fsp3) is 0.387. The number of hydrogen-bond donors (Lipinski definition) is 0. The predicted molar refractivity (Wildman–Crippen MR) is 292 cm³/mol. The molecule has 2 aliphatic rings. The van der Waals surface area contributed by atoms with Gasteiger partial charge in [-0.05, 0) is 82.0 Å². The van der Waals surface area contributed by atoms with Crippen molar-refractivity contribution in [3.8, 4) is 22.3 Å². The molecule has 66 heavy (non-hydrogen) atoms. The average Bonchev–Trinajstić information content (AvgIpc) is 3.95. The maximum absolute atomic E-state index is 4.93. The minimum absolute atomic E-state index is 0.504. The van der Waals surface area contributed by atoms with Crippen LogP contribution in [0.25, 0.3) is 65.3 Å². The van der Waals surface area contributed by atoms with E-state index < -0.39 is 20.8 Å². The quantitative estimate of drug-likeness (QED) is 0.105. The predicted octanol–water partition coefficient (Wildman–Crippen LogP) is 20.3. The van der Waals surface area contributed by atoms with Crippen molar-refractivity contribution in [2.24, 2.45) is 10.8 Å². The van der Waals surface area contributed by atoms with E-state index in [2.05, 4.69) is 173 Å². The number of rotatable bonds is 8. The third-order valence-corrected chi connectivity index (χ3v) is 15.3. The van der Waals surface area contributed by atoms with Gasteiger partial charge in [0.25, 0.3) is 0 Å². The molecular formula is C62H72Cl2SiZr. The van der Waals surface area contributed by atoms with Crippen LogP contribution in [0.3, 0.4) is 0 Å². The van der Waals surface area contributed by atoms with Crippen LogP contribution in [0, 0.1) is 10.8 Å². The van der Waals surface area contributed by atoms with Gasteiger partial charge in [-0.1, -0.05) is 212 Å². The van der Waals surface area contributed by atoms with E-state index in [4.69, 9.17) is 17.0 Å².